The van der Waals surface area contributed by atoms with Gasteiger partial charge in [0.15, 0.2) is 5.96 Å². The lowest BCUT2D eigenvalue weighted by Gasteiger charge is -2.60. The second-order valence-electron chi connectivity index (χ2n) is 7.55. The lowest BCUT2D eigenvalue weighted by Crippen LogP contribution is -2.71. The van der Waals surface area contributed by atoms with Crippen molar-refractivity contribution in [1.29, 1.82) is 0 Å². The van der Waals surface area contributed by atoms with Crippen molar-refractivity contribution in [3.05, 3.63) is 0 Å². The highest BCUT2D eigenvalue weighted by Crippen LogP contribution is 2.51. The molecule has 0 spiro atoms. The van der Waals surface area contributed by atoms with Crippen LogP contribution in [0.25, 0.3) is 0 Å². The summed E-state index contributed by atoms with van der Waals surface area (Å²) < 4.78 is 11.4. The van der Waals surface area contributed by atoms with Gasteiger partial charge in [0.2, 0.25) is 0 Å². The molecule has 0 aromatic carbocycles. The number of aliphatic imine (C=N–C) groups is 1. The number of fused-ring (bicyclic) bond motifs is 1. The Morgan fingerprint density at radius 1 is 1.18 bits per heavy atom. The summed E-state index contributed by atoms with van der Waals surface area (Å²) in [6, 6.07) is 0.457. The van der Waals surface area contributed by atoms with Crippen LogP contribution in [0, 0.1) is 17.3 Å². The number of guanidine groups is 1. The Kier molecular flexibility index (Phi) is 4.93. The molecule has 0 aromatic heterocycles. The minimum Gasteiger partial charge on any atom is -0.381 e. The predicted octanol–water partition coefficient (Wildman–Crippen LogP) is 1.78. The molecule has 3 fully saturated rings. The molecule has 2 aliphatic heterocycles. The zero-order valence-electron chi connectivity index (χ0n) is 14.2. The van der Waals surface area contributed by atoms with Crippen molar-refractivity contribution in [1.82, 2.24) is 10.6 Å². The van der Waals surface area contributed by atoms with E-state index in [0.717, 1.165) is 45.2 Å². The van der Waals surface area contributed by atoms with E-state index in [1.54, 1.807) is 0 Å². The fraction of sp³-hybridized carbons (Fsp3) is 0.941. The van der Waals surface area contributed by atoms with E-state index in [1.165, 1.54) is 12.8 Å². The van der Waals surface area contributed by atoms with Crippen molar-refractivity contribution >= 4 is 5.96 Å². The van der Waals surface area contributed by atoms with Gasteiger partial charge in [0.25, 0.3) is 0 Å². The van der Waals surface area contributed by atoms with E-state index >= 15 is 0 Å². The first-order chi connectivity index (χ1) is 10.6. The molecule has 5 heteroatoms. The average molecular weight is 309 g/mol. The van der Waals surface area contributed by atoms with E-state index in [9.17, 15) is 0 Å². The number of nitrogens with zero attached hydrogens (tertiary/aromatic N) is 1. The second kappa shape index (κ2) is 6.75. The van der Waals surface area contributed by atoms with E-state index in [2.05, 4.69) is 29.5 Å². The summed E-state index contributed by atoms with van der Waals surface area (Å²) in [7, 11) is 1.86. The van der Waals surface area contributed by atoms with Gasteiger partial charge in [0, 0.05) is 50.8 Å². The molecule has 2 N–H and O–H groups in total. The van der Waals surface area contributed by atoms with Gasteiger partial charge >= 0.3 is 0 Å². The molecule has 1 aliphatic carbocycles. The number of hydrogen-bond donors (Lipinski definition) is 2. The molecule has 0 radical (unpaired) electrons. The molecule has 0 amide bonds. The van der Waals surface area contributed by atoms with Crippen molar-refractivity contribution in [2.45, 2.75) is 51.7 Å². The predicted molar refractivity (Wildman–Crippen MR) is 88.1 cm³/mol. The number of hydrogen-bond acceptors (Lipinski definition) is 3. The van der Waals surface area contributed by atoms with Gasteiger partial charge in [-0.1, -0.05) is 13.8 Å². The third kappa shape index (κ3) is 3.11. The van der Waals surface area contributed by atoms with Crippen molar-refractivity contribution in [2.24, 2.45) is 22.2 Å². The van der Waals surface area contributed by atoms with Crippen LogP contribution in [0.4, 0.5) is 0 Å². The fourth-order valence-electron chi connectivity index (χ4n) is 4.35. The van der Waals surface area contributed by atoms with Crippen LogP contribution in [0.1, 0.15) is 39.5 Å². The topological polar surface area (TPSA) is 54.9 Å². The average Bonchev–Trinajstić information content (AvgIpc) is 2.56. The Bertz CT molecular complexity index is 405. The van der Waals surface area contributed by atoms with Crippen molar-refractivity contribution < 1.29 is 9.47 Å². The normalized spacial score (nSPS) is 35.4. The van der Waals surface area contributed by atoms with Crippen LogP contribution in [0.5, 0.6) is 0 Å². The molecular weight excluding hydrogens is 278 g/mol. The van der Waals surface area contributed by atoms with Crippen LogP contribution in [-0.4, -0.2) is 51.5 Å². The van der Waals surface area contributed by atoms with Crippen LogP contribution in [-0.2, 0) is 9.47 Å². The summed E-state index contributed by atoms with van der Waals surface area (Å²) in [6.07, 6.45) is 5.16. The molecule has 0 aromatic rings. The monoisotopic (exact) mass is 309 g/mol. The van der Waals surface area contributed by atoms with Crippen LogP contribution < -0.4 is 10.6 Å². The Labute approximate surface area is 134 Å². The summed E-state index contributed by atoms with van der Waals surface area (Å²) in [4.78, 5) is 4.42. The minimum atomic E-state index is 0.182. The molecule has 2 heterocycles. The maximum absolute atomic E-state index is 5.98. The first-order valence-electron chi connectivity index (χ1n) is 8.79. The highest BCUT2D eigenvalue weighted by Gasteiger charge is 2.58. The van der Waals surface area contributed by atoms with E-state index in [4.69, 9.17) is 9.47 Å². The van der Waals surface area contributed by atoms with Gasteiger partial charge in [-0.2, -0.15) is 0 Å². The Hall–Kier alpha value is -0.810. The third-order valence-electron chi connectivity index (χ3n) is 5.75. The maximum atomic E-state index is 5.98. The first-order valence-corrected chi connectivity index (χ1v) is 8.79. The van der Waals surface area contributed by atoms with Gasteiger partial charge in [-0.05, 0) is 31.6 Å². The highest BCUT2D eigenvalue weighted by molar-refractivity contribution is 5.80. The molecule has 0 bridgehead atoms. The molecule has 3 rings (SSSR count). The van der Waals surface area contributed by atoms with Gasteiger partial charge in [-0.3, -0.25) is 4.99 Å². The Balaban J connectivity index is 1.51. The molecule has 3 unspecified atom stereocenters. The van der Waals surface area contributed by atoms with Crippen LogP contribution in [0.3, 0.4) is 0 Å². The minimum absolute atomic E-state index is 0.182. The summed E-state index contributed by atoms with van der Waals surface area (Å²) in [5, 5.41) is 7.17. The molecule has 1 saturated carbocycles. The lowest BCUT2D eigenvalue weighted by molar-refractivity contribution is -0.188. The molecule has 5 nitrogen and oxygen atoms in total. The first kappa shape index (κ1) is 16.1. The van der Waals surface area contributed by atoms with Crippen LogP contribution in [0.2, 0.25) is 0 Å². The second-order valence-corrected chi connectivity index (χ2v) is 7.55. The van der Waals surface area contributed by atoms with E-state index in [-0.39, 0.29) is 5.41 Å². The zero-order valence-corrected chi connectivity index (χ0v) is 14.2. The summed E-state index contributed by atoms with van der Waals surface area (Å²) >= 11 is 0. The summed E-state index contributed by atoms with van der Waals surface area (Å²) in [6.45, 7) is 8.32. The largest absolute Gasteiger partial charge is 0.381 e. The van der Waals surface area contributed by atoms with Crippen LogP contribution >= 0.6 is 0 Å². The van der Waals surface area contributed by atoms with Crippen molar-refractivity contribution in [3.8, 4) is 0 Å². The van der Waals surface area contributed by atoms with Gasteiger partial charge < -0.3 is 20.1 Å². The van der Waals surface area contributed by atoms with Crippen LogP contribution in [0.15, 0.2) is 4.99 Å². The van der Waals surface area contributed by atoms with Gasteiger partial charge in [-0.25, -0.2) is 0 Å². The molecule has 22 heavy (non-hydrogen) atoms. The quantitative estimate of drug-likeness (QED) is 0.616. The molecule has 3 atom stereocenters. The molecule has 2 saturated heterocycles. The molecule has 3 aliphatic rings. The number of rotatable bonds is 3. The zero-order chi connectivity index (χ0) is 15.6. The number of ether oxygens (including phenoxy) is 2. The third-order valence-corrected chi connectivity index (χ3v) is 5.75. The smallest absolute Gasteiger partial charge is 0.191 e. The standard InChI is InChI=1S/C17H31N3O2/c1-17(2)14(13-5-4-8-22-15(13)17)20-16(18-3)19-11-12-6-9-21-10-7-12/h12-15H,4-11H2,1-3H3,(H2,18,19,20). The SMILES string of the molecule is CN=C(NCC1CCOCC1)NC1C2CCCOC2C1(C)C. The fourth-order valence-corrected chi connectivity index (χ4v) is 4.35. The van der Waals surface area contributed by atoms with E-state index in [1.807, 2.05) is 7.05 Å². The summed E-state index contributed by atoms with van der Waals surface area (Å²) in [5.41, 5.74) is 0.182. The van der Waals surface area contributed by atoms with E-state index < -0.39 is 0 Å². The van der Waals surface area contributed by atoms with Gasteiger partial charge in [0.05, 0.1) is 6.10 Å². The number of nitrogens with one attached hydrogen (secondary N) is 2. The van der Waals surface area contributed by atoms with Crippen molar-refractivity contribution in [2.75, 3.05) is 33.4 Å². The van der Waals surface area contributed by atoms with Crippen molar-refractivity contribution in [3.63, 3.8) is 0 Å². The molecule has 126 valence electrons. The highest BCUT2D eigenvalue weighted by atomic mass is 16.5. The van der Waals surface area contributed by atoms with E-state index in [0.29, 0.717) is 24.0 Å². The lowest BCUT2D eigenvalue weighted by atomic mass is 9.55. The molecular formula is C17H31N3O2. The van der Waals surface area contributed by atoms with Gasteiger partial charge in [0.1, 0.15) is 0 Å². The Morgan fingerprint density at radius 3 is 2.68 bits per heavy atom. The van der Waals surface area contributed by atoms with Gasteiger partial charge in [-0.15, -0.1) is 0 Å². The Morgan fingerprint density at radius 2 is 1.95 bits per heavy atom. The summed E-state index contributed by atoms with van der Waals surface area (Å²) in [5.74, 6) is 2.27. The maximum Gasteiger partial charge on any atom is 0.191 e.